The third kappa shape index (κ3) is 5.92. The van der Waals surface area contributed by atoms with Crippen LogP contribution in [0.5, 0.6) is 11.5 Å². The van der Waals surface area contributed by atoms with Crippen LogP contribution in [0, 0.1) is 11.8 Å². The molecule has 2 aromatic carbocycles. The first-order chi connectivity index (χ1) is 18.6. The second kappa shape index (κ2) is 12.1. The van der Waals surface area contributed by atoms with E-state index in [0.717, 1.165) is 62.4 Å². The summed E-state index contributed by atoms with van der Waals surface area (Å²) in [6.07, 6.45) is 7.70. The molecule has 38 heavy (non-hydrogen) atoms. The molecule has 2 saturated carbocycles. The highest BCUT2D eigenvalue weighted by molar-refractivity contribution is 5.82. The Kier molecular flexibility index (Phi) is 8.40. The lowest BCUT2D eigenvalue weighted by atomic mass is 9.97. The highest BCUT2D eigenvalue weighted by atomic mass is 16.5. The van der Waals surface area contributed by atoms with E-state index in [1.165, 1.54) is 25.5 Å². The van der Waals surface area contributed by atoms with Gasteiger partial charge in [0, 0.05) is 37.3 Å². The van der Waals surface area contributed by atoms with Crippen LogP contribution in [0.1, 0.15) is 50.5 Å². The molecule has 204 valence electrons. The SMILES string of the molecule is COC(=O)[C@@H]1CC[C@H](C(=O)N2CCN(c3ccc(OC)c(OC4CCCC4)c3)CC2Cc2ccccc2)C1. The van der Waals surface area contributed by atoms with Crippen LogP contribution in [-0.4, -0.2) is 62.8 Å². The third-order valence-corrected chi connectivity index (χ3v) is 8.50. The number of piperazine rings is 1. The fourth-order valence-electron chi connectivity index (χ4n) is 6.40. The maximum absolute atomic E-state index is 13.8. The molecule has 1 heterocycles. The Bertz CT molecular complexity index is 1100. The second-order valence-electron chi connectivity index (χ2n) is 10.9. The zero-order valence-electron chi connectivity index (χ0n) is 22.6. The summed E-state index contributed by atoms with van der Waals surface area (Å²) in [4.78, 5) is 30.3. The molecule has 3 atom stereocenters. The Morgan fingerprint density at radius 3 is 2.39 bits per heavy atom. The molecule has 0 spiro atoms. The van der Waals surface area contributed by atoms with Crippen LogP contribution in [0.4, 0.5) is 5.69 Å². The van der Waals surface area contributed by atoms with Gasteiger partial charge in [-0.3, -0.25) is 9.59 Å². The maximum Gasteiger partial charge on any atom is 0.308 e. The second-order valence-corrected chi connectivity index (χ2v) is 10.9. The minimum absolute atomic E-state index is 0.0390. The van der Waals surface area contributed by atoms with E-state index in [1.807, 2.05) is 12.1 Å². The van der Waals surface area contributed by atoms with E-state index >= 15 is 0 Å². The average Bonchev–Trinajstić information content (AvgIpc) is 3.66. The zero-order valence-corrected chi connectivity index (χ0v) is 22.6. The Morgan fingerprint density at radius 2 is 1.66 bits per heavy atom. The Labute approximate surface area is 226 Å². The van der Waals surface area contributed by atoms with Gasteiger partial charge in [-0.05, 0) is 69.1 Å². The van der Waals surface area contributed by atoms with E-state index < -0.39 is 0 Å². The number of ether oxygens (including phenoxy) is 3. The first kappa shape index (κ1) is 26.4. The molecule has 2 aromatic rings. The van der Waals surface area contributed by atoms with Crippen LogP contribution >= 0.6 is 0 Å². The minimum Gasteiger partial charge on any atom is -0.493 e. The van der Waals surface area contributed by atoms with E-state index in [2.05, 4.69) is 46.2 Å². The lowest BCUT2D eigenvalue weighted by Crippen LogP contribution is -2.57. The number of esters is 1. The predicted molar refractivity (Wildman–Crippen MR) is 147 cm³/mol. The van der Waals surface area contributed by atoms with Crippen molar-refractivity contribution >= 4 is 17.6 Å². The number of nitrogens with zero attached hydrogens (tertiary/aromatic N) is 2. The number of benzene rings is 2. The molecule has 0 bridgehead atoms. The summed E-state index contributed by atoms with van der Waals surface area (Å²) in [5.41, 5.74) is 2.31. The van der Waals surface area contributed by atoms with Crippen molar-refractivity contribution in [1.29, 1.82) is 0 Å². The summed E-state index contributed by atoms with van der Waals surface area (Å²) in [6, 6.07) is 16.6. The number of hydrogen-bond acceptors (Lipinski definition) is 6. The Morgan fingerprint density at radius 1 is 0.895 bits per heavy atom. The normalized spacial score (nSPS) is 23.9. The fourth-order valence-corrected chi connectivity index (χ4v) is 6.40. The Hall–Kier alpha value is -3.22. The molecule has 0 N–H and O–H groups in total. The highest BCUT2D eigenvalue weighted by Crippen LogP contribution is 2.37. The zero-order chi connectivity index (χ0) is 26.5. The maximum atomic E-state index is 13.8. The number of amides is 1. The van der Waals surface area contributed by atoms with Gasteiger partial charge >= 0.3 is 5.97 Å². The van der Waals surface area contributed by atoms with Gasteiger partial charge in [0.1, 0.15) is 0 Å². The van der Waals surface area contributed by atoms with E-state index in [1.54, 1.807) is 7.11 Å². The summed E-state index contributed by atoms with van der Waals surface area (Å²) in [6.45, 7) is 2.14. The molecule has 2 aliphatic carbocycles. The molecular formula is C31H40N2O5. The van der Waals surface area contributed by atoms with Gasteiger partial charge in [0.25, 0.3) is 0 Å². The largest absolute Gasteiger partial charge is 0.493 e. The van der Waals surface area contributed by atoms with Gasteiger partial charge in [-0.1, -0.05) is 30.3 Å². The van der Waals surface area contributed by atoms with Crippen molar-refractivity contribution in [3.05, 3.63) is 54.1 Å². The molecule has 5 rings (SSSR count). The van der Waals surface area contributed by atoms with Crippen molar-refractivity contribution in [2.24, 2.45) is 11.8 Å². The van der Waals surface area contributed by atoms with Crippen molar-refractivity contribution in [2.75, 3.05) is 38.8 Å². The number of anilines is 1. The highest BCUT2D eigenvalue weighted by Gasteiger charge is 2.40. The van der Waals surface area contributed by atoms with E-state index in [-0.39, 0.29) is 35.9 Å². The molecular weight excluding hydrogens is 480 g/mol. The molecule has 7 heteroatoms. The average molecular weight is 521 g/mol. The molecule has 1 unspecified atom stereocenters. The van der Waals surface area contributed by atoms with Crippen LogP contribution in [-0.2, 0) is 20.7 Å². The quantitative estimate of drug-likeness (QED) is 0.463. The van der Waals surface area contributed by atoms with Crippen LogP contribution < -0.4 is 14.4 Å². The number of hydrogen-bond donors (Lipinski definition) is 0. The van der Waals surface area contributed by atoms with Gasteiger partial charge in [-0.25, -0.2) is 0 Å². The van der Waals surface area contributed by atoms with Crippen LogP contribution in [0.2, 0.25) is 0 Å². The molecule has 1 amide bonds. The summed E-state index contributed by atoms with van der Waals surface area (Å²) in [5, 5.41) is 0. The third-order valence-electron chi connectivity index (χ3n) is 8.50. The minimum atomic E-state index is -0.193. The molecule has 0 aromatic heterocycles. The molecule has 1 aliphatic heterocycles. The number of methoxy groups -OCH3 is 2. The van der Waals surface area contributed by atoms with Gasteiger partial charge in [-0.2, -0.15) is 0 Å². The number of carbonyl (C=O) groups excluding carboxylic acids is 2. The van der Waals surface area contributed by atoms with Crippen molar-refractivity contribution in [2.45, 2.75) is 63.5 Å². The van der Waals surface area contributed by atoms with E-state index in [4.69, 9.17) is 14.2 Å². The van der Waals surface area contributed by atoms with Crippen molar-refractivity contribution in [1.82, 2.24) is 4.90 Å². The first-order valence-corrected chi connectivity index (χ1v) is 14.1. The smallest absolute Gasteiger partial charge is 0.308 e. The van der Waals surface area contributed by atoms with Gasteiger partial charge in [0.05, 0.1) is 32.3 Å². The van der Waals surface area contributed by atoms with Crippen LogP contribution in [0.3, 0.4) is 0 Å². The van der Waals surface area contributed by atoms with Gasteiger partial charge < -0.3 is 24.0 Å². The van der Waals surface area contributed by atoms with Crippen LogP contribution in [0.25, 0.3) is 0 Å². The first-order valence-electron chi connectivity index (χ1n) is 14.1. The summed E-state index contributed by atoms with van der Waals surface area (Å²) in [7, 11) is 3.11. The summed E-state index contributed by atoms with van der Waals surface area (Å²) < 4.78 is 16.9. The van der Waals surface area contributed by atoms with Crippen molar-refractivity contribution < 1.29 is 23.8 Å². The topological polar surface area (TPSA) is 68.3 Å². The van der Waals surface area contributed by atoms with Gasteiger partial charge in [0.2, 0.25) is 5.91 Å². The monoisotopic (exact) mass is 520 g/mol. The van der Waals surface area contributed by atoms with Gasteiger partial charge in [-0.15, -0.1) is 0 Å². The number of carbonyl (C=O) groups is 2. The summed E-state index contributed by atoms with van der Waals surface area (Å²) >= 11 is 0. The Balaban J connectivity index is 1.34. The molecule has 3 aliphatic rings. The fraction of sp³-hybridized carbons (Fsp3) is 0.548. The van der Waals surface area contributed by atoms with Crippen LogP contribution in [0.15, 0.2) is 48.5 Å². The molecule has 3 fully saturated rings. The molecule has 1 saturated heterocycles. The molecule has 7 nitrogen and oxygen atoms in total. The van der Waals surface area contributed by atoms with Crippen molar-refractivity contribution in [3.8, 4) is 11.5 Å². The molecule has 0 radical (unpaired) electrons. The summed E-state index contributed by atoms with van der Waals surface area (Å²) in [5.74, 6) is 1.27. The number of rotatable bonds is 8. The van der Waals surface area contributed by atoms with Gasteiger partial charge in [0.15, 0.2) is 11.5 Å². The van der Waals surface area contributed by atoms with E-state index in [0.29, 0.717) is 13.0 Å². The van der Waals surface area contributed by atoms with Crippen molar-refractivity contribution in [3.63, 3.8) is 0 Å². The lowest BCUT2D eigenvalue weighted by molar-refractivity contribution is -0.145. The lowest BCUT2D eigenvalue weighted by Gasteiger charge is -2.43. The van der Waals surface area contributed by atoms with E-state index in [9.17, 15) is 9.59 Å². The standard InChI is InChI=1S/C31H40N2O5/c1-36-28-15-14-25(20-29(28)38-27-10-6-7-11-27)32-16-17-33(26(21-32)18-22-8-4-3-5-9-22)30(34)23-12-13-24(19-23)31(35)37-2/h3-5,8-9,14-15,20,23-24,26-27H,6-7,10-13,16-19,21H2,1-2H3/t23-,24+,26?/m0/s1. The predicted octanol–water partition coefficient (Wildman–Crippen LogP) is 4.87.